The summed E-state index contributed by atoms with van der Waals surface area (Å²) in [5, 5.41) is 8.45. The smallest absolute Gasteiger partial charge is 0.319 e. The Balaban J connectivity index is 1.42. The fraction of sp³-hybridized carbons (Fsp3) is 0.571. The van der Waals surface area contributed by atoms with Gasteiger partial charge in [-0.15, -0.1) is 0 Å². The second-order valence-corrected chi connectivity index (χ2v) is 8.99. The fourth-order valence-corrected chi connectivity index (χ4v) is 4.61. The lowest BCUT2D eigenvalue weighted by molar-refractivity contribution is 0.238. The Hall–Kier alpha value is -2.24. The molecule has 1 fully saturated rings. The van der Waals surface area contributed by atoms with Crippen molar-refractivity contribution in [2.45, 2.75) is 27.2 Å². The number of rotatable bonds is 9. The molecule has 0 aliphatic carbocycles. The number of anilines is 2. The van der Waals surface area contributed by atoms with E-state index in [1.165, 1.54) is 0 Å². The summed E-state index contributed by atoms with van der Waals surface area (Å²) in [6, 6.07) is 0.336. The normalized spacial score (nSPS) is 14.5. The first-order valence-corrected chi connectivity index (χ1v) is 12.4. The van der Waals surface area contributed by atoms with Crippen LogP contribution in [0.1, 0.15) is 25.8 Å². The Bertz CT molecular complexity index is 1080. The zero-order valence-corrected chi connectivity index (χ0v) is 21.5. The second kappa shape index (κ2) is 10.8. The van der Waals surface area contributed by atoms with Gasteiger partial charge in [0.1, 0.15) is 27.7 Å². The average Bonchev–Trinajstić information content (AvgIpc) is 3.22. The maximum Gasteiger partial charge on any atom is 0.319 e. The van der Waals surface area contributed by atoms with Gasteiger partial charge in [-0.05, 0) is 42.4 Å². The summed E-state index contributed by atoms with van der Waals surface area (Å²) in [5.41, 5.74) is 1.58. The molecule has 3 aromatic heterocycles. The number of hydrogen-bond acceptors (Lipinski definition) is 9. The van der Waals surface area contributed by atoms with Crippen molar-refractivity contribution in [1.82, 2.24) is 35.0 Å². The molecule has 0 saturated carbocycles. The summed E-state index contributed by atoms with van der Waals surface area (Å²) in [5.74, 6) is 1.70. The van der Waals surface area contributed by atoms with E-state index in [1.54, 1.807) is 6.33 Å². The van der Waals surface area contributed by atoms with Crippen LogP contribution in [0.3, 0.4) is 0 Å². The van der Waals surface area contributed by atoms with Gasteiger partial charge in [0.15, 0.2) is 5.65 Å². The molecule has 4 heterocycles. The molecule has 1 aliphatic rings. The summed E-state index contributed by atoms with van der Waals surface area (Å²) < 4.78 is 6.57. The number of hydrogen-bond donors (Lipinski definition) is 1. The van der Waals surface area contributed by atoms with Gasteiger partial charge in [-0.25, -0.2) is 9.97 Å². The minimum atomic E-state index is 0.336. The first-order valence-electron chi connectivity index (χ1n) is 11.3. The lowest BCUT2D eigenvalue weighted by atomic mass is 10.2. The number of ether oxygens (including phenoxy) is 1. The Labute approximate surface area is 206 Å². The highest BCUT2D eigenvalue weighted by molar-refractivity contribution is 9.10. The molecule has 0 bridgehead atoms. The van der Waals surface area contributed by atoms with Crippen LogP contribution in [0, 0.1) is 6.92 Å². The Morgan fingerprint density at radius 1 is 1.09 bits per heavy atom. The lowest BCUT2D eigenvalue weighted by Gasteiger charge is -2.36. The fourth-order valence-electron chi connectivity index (χ4n) is 4.00. The van der Waals surface area contributed by atoms with Crippen LogP contribution in [0.4, 0.5) is 11.6 Å². The molecule has 0 aromatic carbocycles. The minimum Gasteiger partial charge on any atom is -0.463 e. The van der Waals surface area contributed by atoms with Crippen molar-refractivity contribution in [3.8, 4) is 6.01 Å². The molecule has 1 aliphatic heterocycles. The molecule has 4 rings (SSSR count). The molecular weight excluding hydrogens is 510 g/mol. The van der Waals surface area contributed by atoms with Gasteiger partial charge in [0, 0.05) is 38.3 Å². The van der Waals surface area contributed by atoms with E-state index in [4.69, 9.17) is 21.3 Å². The minimum absolute atomic E-state index is 0.336. The van der Waals surface area contributed by atoms with E-state index in [-0.39, 0.29) is 0 Å². The number of piperazine rings is 1. The molecule has 0 unspecified atom stereocenters. The van der Waals surface area contributed by atoms with E-state index in [1.807, 2.05) is 6.92 Å². The predicted molar refractivity (Wildman–Crippen MR) is 133 cm³/mol. The first-order chi connectivity index (χ1) is 16.0. The van der Waals surface area contributed by atoms with Crippen molar-refractivity contribution in [1.29, 1.82) is 0 Å². The first kappa shape index (κ1) is 23.9. The van der Waals surface area contributed by atoms with Crippen LogP contribution < -0.4 is 14.5 Å². The summed E-state index contributed by atoms with van der Waals surface area (Å²) >= 11 is 9.92. The van der Waals surface area contributed by atoms with Gasteiger partial charge in [0.05, 0.1) is 12.0 Å². The quantitative estimate of drug-likeness (QED) is 0.325. The van der Waals surface area contributed by atoms with Crippen molar-refractivity contribution >= 4 is 50.2 Å². The third kappa shape index (κ3) is 5.30. The summed E-state index contributed by atoms with van der Waals surface area (Å²) in [6.45, 7) is 13.0. The third-order valence-corrected chi connectivity index (χ3v) is 6.90. The zero-order chi connectivity index (χ0) is 23.4. The van der Waals surface area contributed by atoms with Crippen molar-refractivity contribution in [2.24, 2.45) is 0 Å². The molecule has 0 amide bonds. The number of nitrogens with zero attached hydrogens (tertiary/aromatic N) is 8. The largest absolute Gasteiger partial charge is 0.463 e. The molecule has 33 heavy (non-hydrogen) atoms. The summed E-state index contributed by atoms with van der Waals surface area (Å²) in [4.78, 5) is 24.6. The van der Waals surface area contributed by atoms with Gasteiger partial charge in [0.2, 0.25) is 0 Å². The monoisotopic (exact) mass is 537 g/mol. The average molecular weight is 539 g/mol. The summed E-state index contributed by atoms with van der Waals surface area (Å²) in [6.07, 6.45) is 2.48. The zero-order valence-electron chi connectivity index (χ0n) is 19.2. The molecule has 1 saturated heterocycles. The molecule has 0 atom stereocenters. The van der Waals surface area contributed by atoms with Gasteiger partial charge in [-0.1, -0.05) is 25.4 Å². The molecule has 12 heteroatoms. The van der Waals surface area contributed by atoms with E-state index in [0.717, 1.165) is 85.1 Å². The van der Waals surface area contributed by atoms with Crippen molar-refractivity contribution < 1.29 is 4.74 Å². The number of fused-ring (bicyclic) bond motifs is 1. The molecule has 178 valence electrons. The molecule has 10 nitrogen and oxygen atoms in total. The number of halogens is 2. The van der Waals surface area contributed by atoms with Gasteiger partial charge < -0.3 is 19.4 Å². The highest BCUT2D eigenvalue weighted by Gasteiger charge is 2.25. The standard InChI is InChI=1S/C21H29BrClN9O/c1-4-30(5-2)7-6-12-33-21-26-17(23)14(3)19(27-21)31-8-10-32(11-9-31)20-15-16(22)28-29-18(15)24-13-25-20/h13H,4-12H2,1-3H3,(H,24,25,28,29). The Morgan fingerprint density at radius 2 is 1.79 bits per heavy atom. The molecule has 3 aromatic rings. The van der Waals surface area contributed by atoms with E-state index < -0.39 is 0 Å². The Kier molecular flexibility index (Phi) is 7.82. The van der Waals surface area contributed by atoms with Crippen LogP contribution in [0.5, 0.6) is 6.01 Å². The van der Waals surface area contributed by atoms with Crippen LogP contribution in [0.25, 0.3) is 11.0 Å². The maximum absolute atomic E-state index is 6.43. The van der Waals surface area contributed by atoms with Crippen LogP contribution in [-0.4, -0.2) is 87.5 Å². The SMILES string of the molecule is CCN(CC)CCCOc1nc(Cl)c(C)c(N2CCN(c3ncnc4[nH]nc(Br)c34)CC2)n1. The molecule has 0 radical (unpaired) electrons. The van der Waals surface area contributed by atoms with Crippen LogP contribution in [-0.2, 0) is 0 Å². The topological polar surface area (TPSA) is 99.2 Å². The van der Waals surface area contributed by atoms with Gasteiger partial charge in [0.25, 0.3) is 0 Å². The van der Waals surface area contributed by atoms with Crippen molar-refractivity contribution in [3.63, 3.8) is 0 Å². The van der Waals surface area contributed by atoms with Gasteiger partial charge in [-0.3, -0.25) is 5.10 Å². The second-order valence-electron chi connectivity index (χ2n) is 7.88. The van der Waals surface area contributed by atoms with Crippen molar-refractivity contribution in [3.05, 3.63) is 21.6 Å². The van der Waals surface area contributed by atoms with Gasteiger partial charge in [-0.2, -0.15) is 15.1 Å². The number of nitrogens with one attached hydrogen (secondary N) is 1. The Morgan fingerprint density at radius 3 is 2.48 bits per heavy atom. The highest BCUT2D eigenvalue weighted by Crippen LogP contribution is 2.31. The third-order valence-electron chi connectivity index (χ3n) is 5.96. The van der Waals surface area contributed by atoms with Gasteiger partial charge >= 0.3 is 6.01 Å². The van der Waals surface area contributed by atoms with Crippen LogP contribution >= 0.6 is 27.5 Å². The van der Waals surface area contributed by atoms with E-state index >= 15 is 0 Å². The maximum atomic E-state index is 6.43. The number of H-pyrrole nitrogens is 1. The molecule has 1 N–H and O–H groups in total. The highest BCUT2D eigenvalue weighted by atomic mass is 79.9. The molecular formula is C21H29BrClN9O. The number of aromatic nitrogens is 6. The number of aromatic amines is 1. The van der Waals surface area contributed by atoms with Crippen LogP contribution in [0.2, 0.25) is 5.15 Å². The predicted octanol–water partition coefficient (Wildman–Crippen LogP) is 3.30. The summed E-state index contributed by atoms with van der Waals surface area (Å²) in [7, 11) is 0. The van der Waals surface area contributed by atoms with E-state index in [9.17, 15) is 0 Å². The van der Waals surface area contributed by atoms with E-state index in [2.05, 4.69) is 69.6 Å². The van der Waals surface area contributed by atoms with E-state index in [0.29, 0.717) is 17.8 Å². The van der Waals surface area contributed by atoms with Crippen molar-refractivity contribution in [2.75, 3.05) is 62.2 Å². The van der Waals surface area contributed by atoms with Crippen LogP contribution in [0.15, 0.2) is 10.9 Å². The molecule has 0 spiro atoms. The lowest BCUT2D eigenvalue weighted by Crippen LogP contribution is -2.47.